The van der Waals surface area contributed by atoms with Crippen LogP contribution >= 0.6 is 0 Å². The Morgan fingerprint density at radius 1 is 1.12 bits per heavy atom. The van der Waals surface area contributed by atoms with Gasteiger partial charge in [-0.1, -0.05) is 5.16 Å². The Bertz CT molecular complexity index is 754. The number of carbonyl (C=O) groups is 3. The number of fused-ring (bicyclic) bond motifs is 1. The van der Waals surface area contributed by atoms with E-state index >= 15 is 0 Å². The van der Waals surface area contributed by atoms with Crippen molar-refractivity contribution in [2.45, 2.75) is 26.7 Å². The molecule has 26 heavy (non-hydrogen) atoms. The number of hydrogen-bond acceptors (Lipinski definition) is 5. The molecule has 3 saturated heterocycles. The third-order valence-corrected chi connectivity index (χ3v) is 6.01. The highest BCUT2D eigenvalue weighted by Gasteiger charge is 2.60. The van der Waals surface area contributed by atoms with Crippen LogP contribution in [0, 0.1) is 18.3 Å². The van der Waals surface area contributed by atoms with Crippen molar-refractivity contribution in [3.63, 3.8) is 0 Å². The van der Waals surface area contributed by atoms with Crippen molar-refractivity contribution in [2.24, 2.45) is 11.3 Å². The molecule has 0 aromatic carbocycles. The normalized spacial score (nSPS) is 27.9. The predicted molar refractivity (Wildman–Crippen MR) is 91.1 cm³/mol. The lowest BCUT2D eigenvalue weighted by Gasteiger charge is -2.32. The van der Waals surface area contributed by atoms with Gasteiger partial charge in [-0.05, 0) is 19.8 Å². The topological polar surface area (TPSA) is 87.0 Å². The lowest BCUT2D eigenvalue weighted by atomic mass is 9.79. The average Bonchev–Trinajstić information content (AvgIpc) is 3.36. The molecule has 4 heterocycles. The van der Waals surface area contributed by atoms with Crippen molar-refractivity contribution in [3.8, 4) is 0 Å². The number of nitrogens with zero attached hydrogens (tertiary/aromatic N) is 4. The van der Waals surface area contributed by atoms with Gasteiger partial charge < -0.3 is 19.2 Å². The second-order valence-electron chi connectivity index (χ2n) is 7.76. The van der Waals surface area contributed by atoms with Crippen molar-refractivity contribution >= 4 is 17.7 Å². The summed E-state index contributed by atoms with van der Waals surface area (Å²) < 4.78 is 5.02. The van der Waals surface area contributed by atoms with E-state index in [0.29, 0.717) is 31.9 Å². The van der Waals surface area contributed by atoms with E-state index in [9.17, 15) is 14.4 Å². The first-order valence-electron chi connectivity index (χ1n) is 9.18. The Hall–Kier alpha value is -2.38. The molecule has 140 valence electrons. The second kappa shape index (κ2) is 6.10. The number of rotatable bonds is 2. The van der Waals surface area contributed by atoms with Gasteiger partial charge in [0, 0.05) is 58.2 Å². The minimum atomic E-state index is -0.690. The minimum absolute atomic E-state index is 0.0157. The molecule has 1 aromatic rings. The summed E-state index contributed by atoms with van der Waals surface area (Å²) in [6, 6.07) is 1.62. The van der Waals surface area contributed by atoms with Crippen LogP contribution in [0.2, 0.25) is 0 Å². The molecule has 0 spiro atoms. The fourth-order valence-electron chi connectivity index (χ4n) is 4.63. The van der Waals surface area contributed by atoms with E-state index in [1.54, 1.807) is 22.8 Å². The third kappa shape index (κ3) is 2.59. The number of hydrogen-bond donors (Lipinski definition) is 0. The van der Waals surface area contributed by atoms with E-state index in [1.807, 2.05) is 4.90 Å². The zero-order chi connectivity index (χ0) is 18.5. The van der Waals surface area contributed by atoms with Crippen LogP contribution in [0.25, 0.3) is 0 Å². The Morgan fingerprint density at radius 3 is 2.38 bits per heavy atom. The molecule has 8 heteroatoms. The van der Waals surface area contributed by atoms with Gasteiger partial charge in [0.2, 0.25) is 11.8 Å². The molecule has 3 aliphatic rings. The highest BCUT2D eigenvalue weighted by Crippen LogP contribution is 2.44. The van der Waals surface area contributed by atoms with Crippen molar-refractivity contribution < 1.29 is 18.9 Å². The van der Waals surface area contributed by atoms with E-state index in [4.69, 9.17) is 4.52 Å². The van der Waals surface area contributed by atoms with Crippen LogP contribution in [-0.4, -0.2) is 76.8 Å². The average molecular weight is 360 g/mol. The molecular formula is C18H24N4O4. The van der Waals surface area contributed by atoms with Crippen LogP contribution in [0.15, 0.2) is 10.6 Å². The standard InChI is InChI=1S/C18H24N4O4/c1-12-7-15(19-26-12)16(24)22-9-14-8-21(13(2)23)10-18(14,11-22)17(25)20-5-3-4-6-20/h7,14H,3-6,8-11H2,1-2H3. The largest absolute Gasteiger partial charge is 0.361 e. The summed E-state index contributed by atoms with van der Waals surface area (Å²) in [6.45, 7) is 6.53. The molecule has 0 N–H and O–H groups in total. The predicted octanol–water partition coefficient (Wildman–Crippen LogP) is 0.526. The van der Waals surface area contributed by atoms with Crippen LogP contribution < -0.4 is 0 Å². The van der Waals surface area contributed by atoms with Crippen LogP contribution in [0.1, 0.15) is 36.0 Å². The number of aryl methyl sites for hydroxylation is 1. The first kappa shape index (κ1) is 17.1. The molecule has 8 nitrogen and oxygen atoms in total. The zero-order valence-corrected chi connectivity index (χ0v) is 15.2. The minimum Gasteiger partial charge on any atom is -0.361 e. The lowest BCUT2D eigenvalue weighted by Crippen LogP contribution is -2.49. The fraction of sp³-hybridized carbons (Fsp3) is 0.667. The molecule has 1 aromatic heterocycles. The molecule has 4 rings (SSSR count). The van der Waals surface area contributed by atoms with Crippen molar-refractivity contribution in [1.29, 1.82) is 0 Å². The van der Waals surface area contributed by atoms with Gasteiger partial charge in [0.05, 0.1) is 5.41 Å². The number of likely N-dealkylation sites (tertiary alicyclic amines) is 3. The third-order valence-electron chi connectivity index (χ3n) is 6.01. The molecule has 0 radical (unpaired) electrons. The maximum atomic E-state index is 13.3. The van der Waals surface area contributed by atoms with Gasteiger partial charge in [-0.15, -0.1) is 0 Å². The summed E-state index contributed by atoms with van der Waals surface area (Å²) in [7, 11) is 0. The van der Waals surface area contributed by atoms with E-state index in [-0.39, 0.29) is 29.3 Å². The molecule has 3 amide bonds. The van der Waals surface area contributed by atoms with E-state index < -0.39 is 5.41 Å². The second-order valence-corrected chi connectivity index (χ2v) is 7.76. The maximum Gasteiger partial charge on any atom is 0.276 e. The molecule has 0 saturated carbocycles. The molecule has 0 bridgehead atoms. The van der Waals surface area contributed by atoms with Gasteiger partial charge >= 0.3 is 0 Å². The van der Waals surface area contributed by atoms with Gasteiger partial charge in [-0.2, -0.15) is 0 Å². The Morgan fingerprint density at radius 2 is 1.77 bits per heavy atom. The first-order valence-corrected chi connectivity index (χ1v) is 9.18. The molecule has 2 unspecified atom stereocenters. The van der Waals surface area contributed by atoms with Gasteiger partial charge in [-0.3, -0.25) is 14.4 Å². The number of amides is 3. The monoisotopic (exact) mass is 360 g/mol. The van der Waals surface area contributed by atoms with Crippen LogP contribution in [0.4, 0.5) is 0 Å². The Labute approximate surface area is 152 Å². The summed E-state index contributed by atoms with van der Waals surface area (Å²) >= 11 is 0. The summed E-state index contributed by atoms with van der Waals surface area (Å²) in [6.07, 6.45) is 2.04. The summed E-state index contributed by atoms with van der Waals surface area (Å²) in [5.41, 5.74) is -0.417. The highest BCUT2D eigenvalue weighted by atomic mass is 16.5. The summed E-state index contributed by atoms with van der Waals surface area (Å²) in [5, 5.41) is 3.82. The Balaban J connectivity index is 1.60. The molecule has 3 fully saturated rings. The molecule has 2 atom stereocenters. The van der Waals surface area contributed by atoms with Gasteiger partial charge in [0.25, 0.3) is 5.91 Å². The van der Waals surface area contributed by atoms with Crippen LogP contribution in [0.3, 0.4) is 0 Å². The van der Waals surface area contributed by atoms with Gasteiger partial charge in [0.15, 0.2) is 5.69 Å². The van der Waals surface area contributed by atoms with E-state index in [1.165, 1.54) is 6.92 Å². The van der Waals surface area contributed by atoms with Crippen molar-refractivity contribution in [3.05, 3.63) is 17.5 Å². The SMILES string of the molecule is CC(=O)N1CC2CN(C(=O)c3cc(C)on3)CC2(C(=O)N2CCCC2)C1. The van der Waals surface area contributed by atoms with Crippen LogP contribution in [-0.2, 0) is 9.59 Å². The summed E-state index contributed by atoms with van der Waals surface area (Å²) in [4.78, 5) is 43.4. The van der Waals surface area contributed by atoms with Gasteiger partial charge in [-0.25, -0.2) is 0 Å². The maximum absolute atomic E-state index is 13.3. The molecule has 0 aliphatic carbocycles. The number of aromatic nitrogens is 1. The smallest absolute Gasteiger partial charge is 0.276 e. The van der Waals surface area contributed by atoms with Crippen LogP contribution in [0.5, 0.6) is 0 Å². The zero-order valence-electron chi connectivity index (χ0n) is 15.2. The fourth-order valence-corrected chi connectivity index (χ4v) is 4.63. The molecule has 3 aliphatic heterocycles. The summed E-state index contributed by atoms with van der Waals surface area (Å²) in [5.74, 6) is 0.419. The van der Waals surface area contributed by atoms with E-state index in [2.05, 4.69) is 5.16 Å². The van der Waals surface area contributed by atoms with Gasteiger partial charge in [0.1, 0.15) is 5.76 Å². The Kier molecular flexibility index (Phi) is 4.00. The highest BCUT2D eigenvalue weighted by molar-refractivity contribution is 5.94. The van der Waals surface area contributed by atoms with Crippen molar-refractivity contribution in [1.82, 2.24) is 19.9 Å². The molecular weight excluding hydrogens is 336 g/mol. The number of carbonyl (C=O) groups excluding carboxylic acids is 3. The quantitative estimate of drug-likeness (QED) is 0.768. The lowest BCUT2D eigenvalue weighted by molar-refractivity contribution is -0.141. The van der Waals surface area contributed by atoms with Crippen molar-refractivity contribution in [2.75, 3.05) is 39.3 Å². The first-order chi connectivity index (χ1) is 12.4. The van der Waals surface area contributed by atoms with E-state index in [0.717, 1.165) is 25.9 Å².